The molecule has 1 aliphatic heterocycles. The smallest absolute Gasteiger partial charge is 0.240 e. The van der Waals surface area contributed by atoms with Crippen molar-refractivity contribution in [1.29, 1.82) is 0 Å². The summed E-state index contributed by atoms with van der Waals surface area (Å²) in [5.74, 6) is -0.253. The Morgan fingerprint density at radius 3 is 2.65 bits per heavy atom. The molecule has 4 N–H and O–H groups in total. The lowest BCUT2D eigenvalue weighted by Gasteiger charge is -2.28. The molecular weight excluding hydrogens is 220 g/mol. The van der Waals surface area contributed by atoms with E-state index >= 15 is 0 Å². The molecule has 0 aromatic heterocycles. The Labute approximate surface area is 102 Å². The fraction of sp³-hybridized carbons (Fsp3) is 0.917. The number of ether oxygens (including phenoxy) is 2. The van der Waals surface area contributed by atoms with Gasteiger partial charge in [0.25, 0.3) is 0 Å². The van der Waals surface area contributed by atoms with Crippen LogP contribution in [0, 0.1) is 5.92 Å². The number of rotatable bonds is 6. The van der Waals surface area contributed by atoms with Crippen LogP contribution in [0.25, 0.3) is 0 Å². The minimum Gasteiger partial charge on any atom is -0.376 e. The summed E-state index contributed by atoms with van der Waals surface area (Å²) >= 11 is 0. The van der Waals surface area contributed by atoms with Crippen LogP contribution < -0.4 is 11.5 Å². The first-order chi connectivity index (χ1) is 8.13. The van der Waals surface area contributed by atoms with E-state index < -0.39 is 11.4 Å². The lowest BCUT2D eigenvalue weighted by Crippen LogP contribution is -2.57. The molecular formula is C12H22N2O3. The van der Waals surface area contributed by atoms with Gasteiger partial charge in [-0.3, -0.25) is 4.79 Å². The van der Waals surface area contributed by atoms with E-state index in [-0.39, 0.29) is 18.6 Å². The van der Waals surface area contributed by atoms with Gasteiger partial charge >= 0.3 is 0 Å². The zero-order valence-electron chi connectivity index (χ0n) is 10.2. The molecule has 1 aliphatic carbocycles. The maximum atomic E-state index is 11.4. The van der Waals surface area contributed by atoms with Gasteiger partial charge in [-0.1, -0.05) is 0 Å². The molecule has 1 saturated carbocycles. The lowest BCUT2D eigenvalue weighted by atomic mass is 9.95. The standard InChI is InChI=1S/C12H22N2O3/c13-11(15)12(14,9-4-5-9)8-16-7-10-3-1-2-6-17-10/h9-10H,1-8,14H2,(H2,13,15). The molecule has 2 atom stereocenters. The van der Waals surface area contributed by atoms with E-state index in [0.717, 1.165) is 32.3 Å². The zero-order chi connectivity index (χ0) is 12.3. The number of carbonyl (C=O) groups is 1. The Balaban J connectivity index is 1.73. The van der Waals surface area contributed by atoms with Crippen LogP contribution in [0.3, 0.4) is 0 Å². The van der Waals surface area contributed by atoms with Crippen LogP contribution >= 0.6 is 0 Å². The van der Waals surface area contributed by atoms with Gasteiger partial charge in [-0.15, -0.1) is 0 Å². The summed E-state index contributed by atoms with van der Waals surface area (Å²) in [4.78, 5) is 11.4. The summed E-state index contributed by atoms with van der Waals surface area (Å²) in [7, 11) is 0. The van der Waals surface area contributed by atoms with Gasteiger partial charge in [-0.25, -0.2) is 0 Å². The van der Waals surface area contributed by atoms with E-state index in [1.54, 1.807) is 0 Å². The van der Waals surface area contributed by atoms with Gasteiger partial charge in [0, 0.05) is 6.61 Å². The number of carbonyl (C=O) groups excluding carboxylic acids is 1. The van der Waals surface area contributed by atoms with Crippen LogP contribution in [0.2, 0.25) is 0 Å². The Bertz CT molecular complexity index is 275. The molecule has 98 valence electrons. The Morgan fingerprint density at radius 2 is 2.12 bits per heavy atom. The molecule has 1 saturated heterocycles. The first-order valence-electron chi connectivity index (χ1n) is 6.41. The summed E-state index contributed by atoms with van der Waals surface area (Å²) in [6.07, 6.45) is 5.43. The summed E-state index contributed by atoms with van der Waals surface area (Å²) in [6.45, 7) is 1.53. The van der Waals surface area contributed by atoms with Crippen molar-refractivity contribution < 1.29 is 14.3 Å². The van der Waals surface area contributed by atoms with Crippen LogP contribution in [-0.2, 0) is 14.3 Å². The van der Waals surface area contributed by atoms with E-state index in [1.807, 2.05) is 0 Å². The van der Waals surface area contributed by atoms with Crippen molar-refractivity contribution in [2.75, 3.05) is 19.8 Å². The molecule has 2 unspecified atom stereocenters. The highest BCUT2D eigenvalue weighted by atomic mass is 16.5. The Morgan fingerprint density at radius 1 is 1.35 bits per heavy atom. The highest BCUT2D eigenvalue weighted by molar-refractivity contribution is 5.85. The molecule has 0 radical (unpaired) electrons. The molecule has 0 aromatic carbocycles. The van der Waals surface area contributed by atoms with Crippen LogP contribution in [-0.4, -0.2) is 37.4 Å². The predicted octanol–water partition coefficient (Wildman–Crippen LogP) is 0.165. The maximum absolute atomic E-state index is 11.4. The highest BCUT2D eigenvalue weighted by Gasteiger charge is 2.47. The molecule has 17 heavy (non-hydrogen) atoms. The maximum Gasteiger partial charge on any atom is 0.240 e. The summed E-state index contributed by atoms with van der Waals surface area (Å²) in [6, 6.07) is 0. The van der Waals surface area contributed by atoms with Gasteiger partial charge in [0.15, 0.2) is 0 Å². The van der Waals surface area contributed by atoms with E-state index in [9.17, 15) is 4.79 Å². The van der Waals surface area contributed by atoms with Crippen molar-refractivity contribution in [3.8, 4) is 0 Å². The topological polar surface area (TPSA) is 87.6 Å². The normalized spacial score (nSPS) is 28.6. The number of nitrogens with two attached hydrogens (primary N) is 2. The summed E-state index contributed by atoms with van der Waals surface area (Å²) < 4.78 is 11.1. The molecule has 2 aliphatic rings. The van der Waals surface area contributed by atoms with Crippen molar-refractivity contribution in [2.45, 2.75) is 43.7 Å². The minimum absolute atomic E-state index is 0.153. The van der Waals surface area contributed by atoms with Gasteiger partial charge in [-0.05, 0) is 38.0 Å². The van der Waals surface area contributed by atoms with Gasteiger partial charge in [0.1, 0.15) is 5.54 Å². The molecule has 0 bridgehead atoms. The van der Waals surface area contributed by atoms with Crippen LogP contribution in [0.5, 0.6) is 0 Å². The lowest BCUT2D eigenvalue weighted by molar-refractivity contribution is -0.127. The second-order valence-electron chi connectivity index (χ2n) is 5.18. The predicted molar refractivity (Wildman–Crippen MR) is 63.2 cm³/mol. The third-order valence-electron chi connectivity index (χ3n) is 3.68. The third-order valence-corrected chi connectivity index (χ3v) is 3.68. The third kappa shape index (κ3) is 3.18. The number of primary amides is 1. The molecule has 5 nitrogen and oxygen atoms in total. The van der Waals surface area contributed by atoms with Crippen molar-refractivity contribution >= 4 is 5.91 Å². The van der Waals surface area contributed by atoms with Crippen LogP contribution in [0.1, 0.15) is 32.1 Å². The monoisotopic (exact) mass is 242 g/mol. The molecule has 0 aromatic rings. The number of hydrogen-bond acceptors (Lipinski definition) is 4. The minimum atomic E-state index is -0.978. The Kier molecular flexibility index (Phi) is 4.01. The first-order valence-corrected chi connectivity index (χ1v) is 6.41. The average Bonchev–Trinajstić information content (AvgIpc) is 3.14. The molecule has 2 rings (SSSR count). The zero-order valence-corrected chi connectivity index (χ0v) is 10.2. The Hall–Kier alpha value is -0.650. The van der Waals surface area contributed by atoms with Gasteiger partial charge < -0.3 is 20.9 Å². The number of hydrogen-bond donors (Lipinski definition) is 2. The van der Waals surface area contributed by atoms with Gasteiger partial charge in [0.05, 0.1) is 19.3 Å². The SMILES string of the molecule is NC(=O)C(N)(COCC1CCCCO1)C1CC1. The fourth-order valence-corrected chi connectivity index (χ4v) is 2.29. The van der Waals surface area contributed by atoms with Crippen LogP contribution in [0.4, 0.5) is 0 Å². The van der Waals surface area contributed by atoms with Crippen molar-refractivity contribution in [3.63, 3.8) is 0 Å². The second-order valence-corrected chi connectivity index (χ2v) is 5.18. The number of amides is 1. The van der Waals surface area contributed by atoms with E-state index in [1.165, 1.54) is 6.42 Å². The highest BCUT2D eigenvalue weighted by Crippen LogP contribution is 2.38. The molecule has 1 heterocycles. The molecule has 2 fully saturated rings. The largest absolute Gasteiger partial charge is 0.376 e. The van der Waals surface area contributed by atoms with Crippen molar-refractivity contribution in [3.05, 3.63) is 0 Å². The fourth-order valence-electron chi connectivity index (χ4n) is 2.29. The second kappa shape index (κ2) is 5.33. The van der Waals surface area contributed by atoms with Gasteiger partial charge in [-0.2, -0.15) is 0 Å². The molecule has 0 spiro atoms. The first kappa shape index (κ1) is 12.8. The summed E-state index contributed by atoms with van der Waals surface area (Å²) in [5.41, 5.74) is 10.4. The molecule has 1 amide bonds. The van der Waals surface area contributed by atoms with Crippen molar-refractivity contribution in [2.24, 2.45) is 17.4 Å². The van der Waals surface area contributed by atoms with E-state index in [4.69, 9.17) is 20.9 Å². The molecule has 5 heteroatoms. The average molecular weight is 242 g/mol. The van der Waals surface area contributed by atoms with Crippen LogP contribution in [0.15, 0.2) is 0 Å². The quantitative estimate of drug-likeness (QED) is 0.694. The van der Waals surface area contributed by atoms with E-state index in [2.05, 4.69) is 0 Å². The van der Waals surface area contributed by atoms with Crippen molar-refractivity contribution in [1.82, 2.24) is 0 Å². The van der Waals surface area contributed by atoms with Gasteiger partial charge in [0.2, 0.25) is 5.91 Å². The summed E-state index contributed by atoms with van der Waals surface area (Å²) in [5, 5.41) is 0. The van der Waals surface area contributed by atoms with E-state index in [0.29, 0.717) is 6.61 Å².